The normalized spacial score (nSPS) is 11.1. The van der Waals surface area contributed by atoms with Crippen molar-refractivity contribution in [3.63, 3.8) is 0 Å². The molecule has 0 fully saturated rings. The lowest BCUT2D eigenvalue weighted by Gasteiger charge is -1.93. The van der Waals surface area contributed by atoms with Gasteiger partial charge in [-0.05, 0) is 40.7 Å². The lowest BCUT2D eigenvalue weighted by molar-refractivity contribution is 0.629. The minimum absolute atomic E-state index is 0.231. The fraction of sp³-hybridized carbons (Fsp3) is 0.200. The van der Waals surface area contributed by atoms with E-state index < -0.39 is 0 Å². The fourth-order valence-corrected chi connectivity index (χ4v) is 2.15. The summed E-state index contributed by atoms with van der Waals surface area (Å²) in [6.45, 7) is 0.577. The quantitative estimate of drug-likeness (QED) is 0.853. The summed E-state index contributed by atoms with van der Waals surface area (Å²) in [6, 6.07) is 4.69. The number of nitrogens with two attached hydrogens (primary N) is 1. The van der Waals surface area contributed by atoms with Gasteiger partial charge in [0.05, 0.1) is 0 Å². The molecular weight excluding hydrogens is 247 g/mol. The number of rotatable bonds is 2. The van der Waals surface area contributed by atoms with Gasteiger partial charge in [0.25, 0.3) is 0 Å². The standard InChI is InChI=1S/C10H10BrFN2/c11-10-7-2-1-6(12)5-9(7)14-8(10)3-4-13/h1-2,5,14H,3-4,13H2. The Hall–Kier alpha value is -0.870. The molecular formula is C10H10BrFN2. The van der Waals surface area contributed by atoms with Crippen LogP contribution in [0.25, 0.3) is 10.9 Å². The first-order valence-corrected chi connectivity index (χ1v) is 5.17. The predicted octanol–water partition coefficient (Wildman–Crippen LogP) is 2.57. The van der Waals surface area contributed by atoms with Crippen LogP contribution in [0.15, 0.2) is 22.7 Å². The number of aromatic amines is 1. The Morgan fingerprint density at radius 2 is 2.21 bits per heavy atom. The molecule has 14 heavy (non-hydrogen) atoms. The lowest BCUT2D eigenvalue weighted by Crippen LogP contribution is -2.03. The van der Waals surface area contributed by atoms with E-state index in [-0.39, 0.29) is 5.82 Å². The minimum atomic E-state index is -0.231. The van der Waals surface area contributed by atoms with Crippen molar-refractivity contribution in [2.24, 2.45) is 5.73 Å². The molecule has 2 rings (SSSR count). The fourth-order valence-electron chi connectivity index (χ4n) is 1.51. The summed E-state index contributed by atoms with van der Waals surface area (Å²) < 4.78 is 13.9. The van der Waals surface area contributed by atoms with Crippen LogP contribution in [0.3, 0.4) is 0 Å². The third-order valence-electron chi connectivity index (χ3n) is 2.16. The monoisotopic (exact) mass is 256 g/mol. The highest BCUT2D eigenvalue weighted by molar-refractivity contribution is 9.10. The molecule has 0 amide bonds. The van der Waals surface area contributed by atoms with Crippen molar-refractivity contribution in [3.8, 4) is 0 Å². The smallest absolute Gasteiger partial charge is 0.125 e. The van der Waals surface area contributed by atoms with E-state index in [2.05, 4.69) is 20.9 Å². The number of aromatic nitrogens is 1. The molecule has 4 heteroatoms. The van der Waals surface area contributed by atoms with E-state index in [1.165, 1.54) is 12.1 Å². The Morgan fingerprint density at radius 3 is 2.93 bits per heavy atom. The van der Waals surface area contributed by atoms with Crippen LogP contribution in [0, 0.1) is 5.82 Å². The topological polar surface area (TPSA) is 41.8 Å². The molecule has 0 saturated heterocycles. The highest BCUT2D eigenvalue weighted by atomic mass is 79.9. The van der Waals surface area contributed by atoms with Gasteiger partial charge in [0.1, 0.15) is 5.82 Å². The summed E-state index contributed by atoms with van der Waals surface area (Å²) in [5.74, 6) is -0.231. The summed E-state index contributed by atoms with van der Waals surface area (Å²) in [5.41, 5.74) is 7.29. The number of hydrogen-bond acceptors (Lipinski definition) is 1. The summed E-state index contributed by atoms with van der Waals surface area (Å²) >= 11 is 3.47. The van der Waals surface area contributed by atoms with Crippen molar-refractivity contribution in [1.82, 2.24) is 4.98 Å². The first kappa shape index (κ1) is 9.68. The van der Waals surface area contributed by atoms with Crippen molar-refractivity contribution in [1.29, 1.82) is 0 Å². The van der Waals surface area contributed by atoms with E-state index in [0.717, 1.165) is 27.5 Å². The molecule has 2 nitrogen and oxygen atoms in total. The second-order valence-electron chi connectivity index (χ2n) is 3.15. The van der Waals surface area contributed by atoms with Crippen molar-refractivity contribution in [2.75, 3.05) is 6.54 Å². The predicted molar refractivity (Wildman–Crippen MR) is 58.7 cm³/mol. The number of nitrogens with one attached hydrogen (secondary N) is 1. The number of H-pyrrole nitrogens is 1. The van der Waals surface area contributed by atoms with Gasteiger partial charge in [-0.25, -0.2) is 4.39 Å². The first-order valence-electron chi connectivity index (χ1n) is 4.38. The van der Waals surface area contributed by atoms with Gasteiger partial charge in [-0.2, -0.15) is 0 Å². The molecule has 1 heterocycles. The lowest BCUT2D eigenvalue weighted by atomic mass is 10.2. The van der Waals surface area contributed by atoms with E-state index in [9.17, 15) is 4.39 Å². The van der Waals surface area contributed by atoms with Gasteiger partial charge in [-0.1, -0.05) is 0 Å². The molecule has 0 unspecified atom stereocenters. The molecule has 0 bridgehead atoms. The van der Waals surface area contributed by atoms with Crippen LogP contribution in [0.1, 0.15) is 5.69 Å². The molecule has 0 aliphatic rings. The molecule has 0 saturated carbocycles. The average Bonchev–Trinajstić information content (AvgIpc) is 2.44. The van der Waals surface area contributed by atoms with Crippen LogP contribution in [0.2, 0.25) is 0 Å². The molecule has 0 aliphatic heterocycles. The maximum Gasteiger partial charge on any atom is 0.125 e. The molecule has 2 aromatic rings. The van der Waals surface area contributed by atoms with Crippen LogP contribution in [-0.2, 0) is 6.42 Å². The molecule has 1 aromatic heterocycles. The second kappa shape index (κ2) is 3.71. The summed E-state index contributed by atoms with van der Waals surface area (Å²) in [4.78, 5) is 3.14. The average molecular weight is 257 g/mol. The van der Waals surface area contributed by atoms with Gasteiger partial charge in [-0.15, -0.1) is 0 Å². The van der Waals surface area contributed by atoms with Crippen molar-refractivity contribution in [2.45, 2.75) is 6.42 Å². The zero-order valence-corrected chi connectivity index (χ0v) is 9.07. The van der Waals surface area contributed by atoms with Gasteiger partial charge < -0.3 is 10.7 Å². The van der Waals surface area contributed by atoms with Gasteiger partial charge in [0, 0.05) is 27.5 Å². The second-order valence-corrected chi connectivity index (χ2v) is 3.94. The Balaban J connectivity index is 2.61. The van der Waals surface area contributed by atoms with Crippen LogP contribution in [-0.4, -0.2) is 11.5 Å². The molecule has 0 spiro atoms. The summed E-state index contributed by atoms with van der Waals surface area (Å²) in [7, 11) is 0. The zero-order valence-electron chi connectivity index (χ0n) is 7.48. The summed E-state index contributed by atoms with van der Waals surface area (Å²) in [5, 5.41) is 0.995. The first-order chi connectivity index (χ1) is 6.72. The van der Waals surface area contributed by atoms with Crippen molar-refractivity contribution >= 4 is 26.8 Å². The largest absolute Gasteiger partial charge is 0.357 e. The Labute approximate surface area is 89.4 Å². The zero-order chi connectivity index (χ0) is 10.1. The maximum absolute atomic E-state index is 12.9. The third kappa shape index (κ3) is 1.55. The van der Waals surface area contributed by atoms with Crippen LogP contribution >= 0.6 is 15.9 Å². The van der Waals surface area contributed by atoms with E-state index in [0.29, 0.717) is 6.54 Å². The Morgan fingerprint density at radius 1 is 1.43 bits per heavy atom. The number of fused-ring (bicyclic) bond motifs is 1. The molecule has 74 valence electrons. The van der Waals surface area contributed by atoms with Gasteiger partial charge in [-0.3, -0.25) is 0 Å². The highest BCUT2D eigenvalue weighted by Crippen LogP contribution is 2.28. The van der Waals surface area contributed by atoms with Gasteiger partial charge >= 0.3 is 0 Å². The van der Waals surface area contributed by atoms with Crippen LogP contribution in [0.4, 0.5) is 4.39 Å². The van der Waals surface area contributed by atoms with E-state index >= 15 is 0 Å². The van der Waals surface area contributed by atoms with Crippen molar-refractivity contribution in [3.05, 3.63) is 34.2 Å². The SMILES string of the molecule is NCCc1[nH]c2cc(F)ccc2c1Br. The third-order valence-corrected chi connectivity index (χ3v) is 3.07. The molecule has 0 atom stereocenters. The number of hydrogen-bond donors (Lipinski definition) is 2. The van der Waals surface area contributed by atoms with E-state index in [1.54, 1.807) is 6.07 Å². The molecule has 3 N–H and O–H groups in total. The van der Waals surface area contributed by atoms with Crippen molar-refractivity contribution < 1.29 is 4.39 Å². The van der Waals surface area contributed by atoms with Crippen LogP contribution < -0.4 is 5.73 Å². The van der Waals surface area contributed by atoms with Crippen LogP contribution in [0.5, 0.6) is 0 Å². The number of halogens is 2. The highest BCUT2D eigenvalue weighted by Gasteiger charge is 2.08. The molecule has 0 radical (unpaired) electrons. The van der Waals surface area contributed by atoms with Gasteiger partial charge in [0.2, 0.25) is 0 Å². The molecule has 1 aromatic carbocycles. The minimum Gasteiger partial charge on any atom is -0.357 e. The van der Waals surface area contributed by atoms with E-state index in [4.69, 9.17) is 5.73 Å². The Kier molecular flexibility index (Phi) is 2.56. The maximum atomic E-state index is 12.9. The molecule has 0 aliphatic carbocycles. The Bertz CT molecular complexity index is 464. The van der Waals surface area contributed by atoms with E-state index in [1.807, 2.05) is 0 Å². The van der Waals surface area contributed by atoms with Gasteiger partial charge in [0.15, 0.2) is 0 Å². The summed E-state index contributed by atoms with van der Waals surface area (Å²) in [6.07, 6.45) is 0.761. The number of benzene rings is 1.